The van der Waals surface area contributed by atoms with Crippen LogP contribution in [-0.4, -0.2) is 61.8 Å². The van der Waals surface area contributed by atoms with Gasteiger partial charge >= 0.3 is 0 Å². The van der Waals surface area contributed by atoms with Crippen LogP contribution in [-0.2, 0) is 14.8 Å². The summed E-state index contributed by atoms with van der Waals surface area (Å²) in [7, 11) is -3.40. The van der Waals surface area contributed by atoms with E-state index in [0.29, 0.717) is 48.8 Å². The summed E-state index contributed by atoms with van der Waals surface area (Å²) in [5.74, 6) is -0.0537. The van der Waals surface area contributed by atoms with Crippen LogP contribution in [0.4, 0.5) is 0 Å². The number of rotatable bonds is 8. The Bertz CT molecular complexity index is 656. The second-order valence-electron chi connectivity index (χ2n) is 7.33. The Balaban J connectivity index is 1.80. The number of carbonyl (C=O) groups is 1. The summed E-state index contributed by atoms with van der Waals surface area (Å²) in [6.07, 6.45) is 1.16. The van der Waals surface area contributed by atoms with Gasteiger partial charge in [-0.05, 0) is 52.0 Å². The number of hydrogen-bond acceptors (Lipinski definition) is 5. The average molecular weight is 402 g/mol. The summed E-state index contributed by atoms with van der Waals surface area (Å²) in [6, 6.07) is 4.26. The Hall–Kier alpha value is -0.960. The van der Waals surface area contributed by atoms with E-state index >= 15 is 0 Å². The molecule has 8 heteroatoms. The zero-order valence-corrected chi connectivity index (χ0v) is 17.8. The molecular formula is C18H31N3O3S2. The molecule has 0 unspecified atom stereocenters. The van der Waals surface area contributed by atoms with Crippen molar-refractivity contribution in [3.8, 4) is 0 Å². The fourth-order valence-corrected chi connectivity index (χ4v) is 6.08. The largest absolute Gasteiger partial charge is 0.355 e. The first kappa shape index (κ1) is 21.3. The number of nitrogens with zero attached hydrogens (tertiary/aromatic N) is 2. The van der Waals surface area contributed by atoms with Crippen molar-refractivity contribution in [1.82, 2.24) is 14.5 Å². The molecule has 0 aliphatic carbocycles. The molecule has 0 spiro atoms. The number of sulfonamides is 1. The molecule has 0 aromatic carbocycles. The summed E-state index contributed by atoms with van der Waals surface area (Å²) < 4.78 is 26.9. The molecule has 148 valence electrons. The van der Waals surface area contributed by atoms with Crippen molar-refractivity contribution in [3.63, 3.8) is 0 Å². The number of nitrogens with one attached hydrogen (secondary N) is 1. The Labute approximate surface area is 161 Å². The zero-order valence-electron chi connectivity index (χ0n) is 16.1. The number of carbonyl (C=O) groups excluding carboxylic acids is 1. The van der Waals surface area contributed by atoms with Crippen LogP contribution >= 0.6 is 11.3 Å². The minimum atomic E-state index is -3.40. The Morgan fingerprint density at radius 3 is 2.38 bits per heavy atom. The third-order valence-corrected chi connectivity index (χ3v) is 8.18. The average Bonchev–Trinajstić information content (AvgIpc) is 3.13. The van der Waals surface area contributed by atoms with E-state index in [0.717, 1.165) is 6.54 Å². The van der Waals surface area contributed by atoms with Crippen molar-refractivity contribution in [1.29, 1.82) is 0 Å². The summed E-state index contributed by atoms with van der Waals surface area (Å²) in [6.45, 7) is 10.9. The van der Waals surface area contributed by atoms with Gasteiger partial charge in [0, 0.05) is 44.2 Å². The van der Waals surface area contributed by atoms with Gasteiger partial charge in [0.25, 0.3) is 10.0 Å². The fourth-order valence-electron chi connectivity index (χ4n) is 3.46. The maximum Gasteiger partial charge on any atom is 0.252 e. The quantitative estimate of drug-likeness (QED) is 0.726. The van der Waals surface area contributed by atoms with E-state index in [-0.39, 0.29) is 11.8 Å². The third-order valence-electron chi connectivity index (χ3n) is 4.91. The molecule has 0 radical (unpaired) electrons. The Kier molecular flexibility index (Phi) is 7.63. The van der Waals surface area contributed by atoms with Crippen molar-refractivity contribution in [2.24, 2.45) is 5.92 Å². The second-order valence-corrected chi connectivity index (χ2v) is 10.4. The molecule has 26 heavy (non-hydrogen) atoms. The molecule has 0 atom stereocenters. The second kappa shape index (κ2) is 9.30. The summed E-state index contributed by atoms with van der Waals surface area (Å²) >= 11 is 1.24. The smallest absolute Gasteiger partial charge is 0.252 e. The predicted molar refractivity (Wildman–Crippen MR) is 106 cm³/mol. The molecule has 1 aromatic heterocycles. The van der Waals surface area contributed by atoms with Gasteiger partial charge in [-0.25, -0.2) is 8.42 Å². The van der Waals surface area contributed by atoms with Crippen LogP contribution in [0.5, 0.6) is 0 Å². The highest BCUT2D eigenvalue weighted by molar-refractivity contribution is 7.91. The zero-order chi connectivity index (χ0) is 19.3. The molecule has 1 aliphatic rings. The molecule has 1 N–H and O–H groups in total. The molecule has 1 fully saturated rings. The van der Waals surface area contributed by atoms with Gasteiger partial charge in [-0.1, -0.05) is 6.07 Å². The van der Waals surface area contributed by atoms with Gasteiger partial charge in [-0.2, -0.15) is 4.31 Å². The highest BCUT2D eigenvalue weighted by Crippen LogP contribution is 2.26. The lowest BCUT2D eigenvalue weighted by atomic mass is 9.97. The third kappa shape index (κ3) is 5.28. The van der Waals surface area contributed by atoms with E-state index in [2.05, 4.69) is 37.9 Å². The van der Waals surface area contributed by atoms with Crippen molar-refractivity contribution in [2.75, 3.05) is 26.2 Å². The van der Waals surface area contributed by atoms with Crippen LogP contribution in [0.2, 0.25) is 0 Å². The molecule has 1 aromatic rings. The van der Waals surface area contributed by atoms with Crippen LogP contribution in [0.1, 0.15) is 40.5 Å². The number of thiophene rings is 1. The van der Waals surface area contributed by atoms with Gasteiger partial charge in [-0.15, -0.1) is 11.3 Å². The topological polar surface area (TPSA) is 69.7 Å². The number of amides is 1. The van der Waals surface area contributed by atoms with Crippen LogP contribution < -0.4 is 5.32 Å². The summed E-state index contributed by atoms with van der Waals surface area (Å²) in [5, 5.41) is 4.80. The van der Waals surface area contributed by atoms with Crippen LogP contribution in [0, 0.1) is 5.92 Å². The minimum absolute atomic E-state index is 0.0469. The van der Waals surface area contributed by atoms with E-state index in [9.17, 15) is 13.2 Å². The summed E-state index contributed by atoms with van der Waals surface area (Å²) in [4.78, 5) is 14.8. The molecule has 2 heterocycles. The van der Waals surface area contributed by atoms with Gasteiger partial charge in [0.05, 0.1) is 0 Å². The lowest BCUT2D eigenvalue weighted by molar-refractivity contribution is -0.126. The van der Waals surface area contributed by atoms with Gasteiger partial charge < -0.3 is 5.32 Å². The minimum Gasteiger partial charge on any atom is -0.355 e. The normalized spacial score (nSPS) is 17.3. The molecule has 6 nitrogen and oxygen atoms in total. The Morgan fingerprint density at radius 1 is 1.27 bits per heavy atom. The molecular weight excluding hydrogens is 370 g/mol. The van der Waals surface area contributed by atoms with Gasteiger partial charge in [0.1, 0.15) is 4.21 Å². The van der Waals surface area contributed by atoms with E-state index in [1.54, 1.807) is 17.5 Å². The summed E-state index contributed by atoms with van der Waals surface area (Å²) in [5.41, 5.74) is 0. The van der Waals surface area contributed by atoms with Gasteiger partial charge in [0.2, 0.25) is 5.91 Å². The van der Waals surface area contributed by atoms with Crippen LogP contribution in [0.25, 0.3) is 0 Å². The van der Waals surface area contributed by atoms with E-state index < -0.39 is 10.0 Å². The van der Waals surface area contributed by atoms with E-state index in [1.807, 2.05) is 0 Å². The standard InChI is InChI=1S/C18H31N3O3S2/c1-14(2)21(15(3)4)12-9-19-18(22)16-7-10-20(11-8-16)26(23,24)17-6-5-13-25-17/h5-6,13-16H,7-12H2,1-4H3,(H,19,22). The van der Waals surface area contributed by atoms with Gasteiger partial charge in [-0.3, -0.25) is 9.69 Å². The fraction of sp³-hybridized carbons (Fsp3) is 0.722. The number of hydrogen-bond donors (Lipinski definition) is 1. The predicted octanol–water partition coefficient (Wildman–Crippen LogP) is 2.38. The molecule has 1 aliphatic heterocycles. The maximum absolute atomic E-state index is 12.5. The highest BCUT2D eigenvalue weighted by Gasteiger charge is 2.32. The SMILES string of the molecule is CC(C)N(CCNC(=O)C1CCN(S(=O)(=O)c2cccs2)CC1)C(C)C. The molecule has 1 amide bonds. The van der Waals surface area contributed by atoms with E-state index in [4.69, 9.17) is 0 Å². The lowest BCUT2D eigenvalue weighted by Crippen LogP contribution is -2.46. The monoisotopic (exact) mass is 401 g/mol. The highest BCUT2D eigenvalue weighted by atomic mass is 32.2. The van der Waals surface area contributed by atoms with Gasteiger partial charge in [0.15, 0.2) is 0 Å². The first-order valence-corrected chi connectivity index (χ1v) is 11.6. The van der Waals surface area contributed by atoms with Crippen LogP contribution in [0.15, 0.2) is 21.7 Å². The lowest BCUT2D eigenvalue weighted by Gasteiger charge is -2.32. The first-order valence-electron chi connectivity index (χ1n) is 9.30. The maximum atomic E-state index is 12.5. The van der Waals surface area contributed by atoms with Crippen molar-refractivity contribution in [3.05, 3.63) is 17.5 Å². The first-order chi connectivity index (χ1) is 12.2. The molecule has 0 bridgehead atoms. The molecule has 0 saturated carbocycles. The number of piperidine rings is 1. The van der Waals surface area contributed by atoms with Crippen molar-refractivity contribution in [2.45, 2.75) is 56.8 Å². The molecule has 2 rings (SSSR count). The van der Waals surface area contributed by atoms with Crippen molar-refractivity contribution < 1.29 is 13.2 Å². The van der Waals surface area contributed by atoms with Crippen LogP contribution in [0.3, 0.4) is 0 Å². The Morgan fingerprint density at radius 2 is 1.88 bits per heavy atom. The van der Waals surface area contributed by atoms with Crippen molar-refractivity contribution >= 4 is 27.3 Å². The van der Waals surface area contributed by atoms with E-state index in [1.165, 1.54) is 15.6 Å². The molecule has 1 saturated heterocycles.